The van der Waals surface area contributed by atoms with Gasteiger partial charge in [-0.05, 0) is 11.6 Å². The molecule has 1 heterocycles. The number of hydrogen-bond acceptors (Lipinski definition) is 4. The van der Waals surface area contributed by atoms with Crippen LogP contribution in [0.4, 0.5) is 4.39 Å². The number of hydrogen-bond donors (Lipinski definition) is 2. The van der Waals surface area contributed by atoms with E-state index >= 15 is 0 Å². The second-order valence-corrected chi connectivity index (χ2v) is 2.55. The van der Waals surface area contributed by atoms with Crippen molar-refractivity contribution >= 4 is 0 Å². The highest BCUT2D eigenvalue weighted by molar-refractivity contribution is 5.26. The fourth-order valence-electron chi connectivity index (χ4n) is 0.874. The predicted octanol–water partition coefficient (Wildman–Crippen LogP) is 0.0509. The third-order valence-electron chi connectivity index (χ3n) is 1.65. The molecule has 1 atom stereocenters. The van der Waals surface area contributed by atoms with Gasteiger partial charge in [-0.25, -0.2) is 9.37 Å². The van der Waals surface area contributed by atoms with E-state index in [0.717, 1.165) is 0 Å². The summed E-state index contributed by atoms with van der Waals surface area (Å²) in [7, 11) is 0. The van der Waals surface area contributed by atoms with Gasteiger partial charge in [0.2, 0.25) is 0 Å². The molecule has 0 spiro atoms. The Morgan fingerprint density at radius 3 is 2.85 bits per heavy atom. The van der Waals surface area contributed by atoms with Crippen molar-refractivity contribution in [1.29, 1.82) is 5.26 Å². The average molecular weight is 180 g/mol. The summed E-state index contributed by atoms with van der Waals surface area (Å²) in [4.78, 5) is 3.59. The van der Waals surface area contributed by atoms with Crippen LogP contribution in [0.15, 0.2) is 12.3 Å². The minimum absolute atomic E-state index is 0.215. The van der Waals surface area contributed by atoms with E-state index in [1.165, 1.54) is 12.3 Å². The van der Waals surface area contributed by atoms with Crippen molar-refractivity contribution in [2.45, 2.75) is 6.04 Å². The first-order valence-corrected chi connectivity index (χ1v) is 3.70. The zero-order chi connectivity index (χ0) is 9.84. The van der Waals surface area contributed by atoms with Crippen molar-refractivity contribution in [2.24, 2.45) is 11.5 Å². The van der Waals surface area contributed by atoms with E-state index < -0.39 is 11.9 Å². The lowest BCUT2D eigenvalue weighted by molar-refractivity contribution is 0.607. The van der Waals surface area contributed by atoms with Crippen LogP contribution < -0.4 is 11.5 Å². The molecular formula is C8H9FN4. The Balaban J connectivity index is 3.04. The van der Waals surface area contributed by atoms with Crippen LogP contribution in [-0.2, 0) is 0 Å². The van der Waals surface area contributed by atoms with Crippen LogP contribution in [0.25, 0.3) is 0 Å². The normalized spacial score (nSPS) is 12.2. The number of pyridine rings is 1. The van der Waals surface area contributed by atoms with E-state index in [9.17, 15) is 4.39 Å². The monoisotopic (exact) mass is 180 g/mol. The largest absolute Gasteiger partial charge is 0.329 e. The van der Waals surface area contributed by atoms with Crippen LogP contribution in [0.3, 0.4) is 0 Å². The third-order valence-corrected chi connectivity index (χ3v) is 1.65. The molecule has 1 aromatic heterocycles. The van der Waals surface area contributed by atoms with E-state index in [-0.39, 0.29) is 12.2 Å². The van der Waals surface area contributed by atoms with Gasteiger partial charge in [-0.1, -0.05) is 0 Å². The van der Waals surface area contributed by atoms with Crippen LogP contribution in [-0.4, -0.2) is 11.5 Å². The Kier molecular flexibility index (Phi) is 2.90. The van der Waals surface area contributed by atoms with Gasteiger partial charge in [0.05, 0.1) is 0 Å². The van der Waals surface area contributed by atoms with E-state index in [1.54, 1.807) is 6.07 Å². The SMILES string of the molecule is N#Cc1ncc([C@H](N)CN)cc1F. The topological polar surface area (TPSA) is 88.7 Å². The number of aromatic nitrogens is 1. The van der Waals surface area contributed by atoms with Gasteiger partial charge in [0, 0.05) is 18.8 Å². The van der Waals surface area contributed by atoms with Crippen LogP contribution in [0.5, 0.6) is 0 Å². The molecule has 0 aromatic carbocycles. The molecule has 0 fully saturated rings. The standard InChI is InChI=1S/C8H9FN4/c9-6-1-5(7(12)2-10)4-13-8(6)3-11/h1,4,7H,2,10,12H2/t7-/m1/s1. The van der Waals surface area contributed by atoms with Gasteiger partial charge >= 0.3 is 0 Å². The molecule has 0 aliphatic rings. The fourth-order valence-corrected chi connectivity index (χ4v) is 0.874. The van der Waals surface area contributed by atoms with Gasteiger partial charge in [0.25, 0.3) is 0 Å². The van der Waals surface area contributed by atoms with Crippen molar-refractivity contribution in [3.63, 3.8) is 0 Å². The molecular weight excluding hydrogens is 171 g/mol. The molecule has 0 radical (unpaired) electrons. The maximum Gasteiger partial charge on any atom is 0.176 e. The molecule has 5 heteroatoms. The van der Waals surface area contributed by atoms with E-state index in [4.69, 9.17) is 16.7 Å². The van der Waals surface area contributed by atoms with Crippen LogP contribution in [0, 0.1) is 17.1 Å². The number of nitrogens with two attached hydrogens (primary N) is 2. The van der Waals surface area contributed by atoms with Gasteiger partial charge in [-0.2, -0.15) is 5.26 Å². The summed E-state index contributed by atoms with van der Waals surface area (Å²) < 4.78 is 13.0. The quantitative estimate of drug-likeness (QED) is 0.673. The van der Waals surface area contributed by atoms with E-state index in [0.29, 0.717) is 5.56 Å². The Bertz CT molecular complexity index is 344. The highest BCUT2D eigenvalue weighted by Gasteiger charge is 2.08. The zero-order valence-electron chi connectivity index (χ0n) is 6.87. The van der Waals surface area contributed by atoms with Gasteiger partial charge in [-0.15, -0.1) is 0 Å². The first kappa shape index (κ1) is 9.58. The Labute approximate surface area is 75.0 Å². The minimum atomic E-state index is -0.663. The second-order valence-electron chi connectivity index (χ2n) is 2.55. The summed E-state index contributed by atoms with van der Waals surface area (Å²) in [5, 5.41) is 8.40. The lowest BCUT2D eigenvalue weighted by Gasteiger charge is -2.07. The summed E-state index contributed by atoms with van der Waals surface area (Å²) in [6.07, 6.45) is 1.36. The lowest BCUT2D eigenvalue weighted by atomic mass is 10.1. The summed E-state index contributed by atoms with van der Waals surface area (Å²) in [5.74, 6) is -0.663. The van der Waals surface area contributed by atoms with Gasteiger partial charge < -0.3 is 11.5 Å². The molecule has 0 amide bonds. The Morgan fingerprint density at radius 1 is 1.69 bits per heavy atom. The second kappa shape index (κ2) is 3.94. The van der Waals surface area contributed by atoms with Crippen LogP contribution >= 0.6 is 0 Å². The molecule has 0 saturated carbocycles. The Morgan fingerprint density at radius 2 is 2.38 bits per heavy atom. The smallest absolute Gasteiger partial charge is 0.176 e. The molecule has 13 heavy (non-hydrogen) atoms. The van der Waals surface area contributed by atoms with Crippen molar-refractivity contribution in [1.82, 2.24) is 4.98 Å². The van der Waals surface area contributed by atoms with Crippen molar-refractivity contribution < 1.29 is 4.39 Å². The molecule has 1 rings (SSSR count). The third kappa shape index (κ3) is 1.99. The number of halogens is 1. The van der Waals surface area contributed by atoms with E-state index in [2.05, 4.69) is 4.98 Å². The number of nitrogens with zero attached hydrogens (tertiary/aromatic N) is 2. The number of nitriles is 1. The molecule has 0 bridgehead atoms. The molecule has 0 aliphatic carbocycles. The number of rotatable bonds is 2. The Hall–Kier alpha value is -1.51. The summed E-state index contributed by atoms with van der Waals surface area (Å²) in [6, 6.07) is 2.37. The molecule has 0 unspecified atom stereocenters. The average Bonchev–Trinajstić information content (AvgIpc) is 2.16. The van der Waals surface area contributed by atoms with E-state index in [1.807, 2.05) is 0 Å². The molecule has 1 aromatic rings. The molecule has 0 aliphatic heterocycles. The zero-order valence-corrected chi connectivity index (χ0v) is 6.87. The summed E-state index contributed by atoms with van der Waals surface area (Å²) in [6.45, 7) is 0.215. The minimum Gasteiger partial charge on any atom is -0.329 e. The lowest BCUT2D eigenvalue weighted by Crippen LogP contribution is -2.21. The molecule has 0 saturated heterocycles. The highest BCUT2D eigenvalue weighted by Crippen LogP contribution is 2.11. The van der Waals surface area contributed by atoms with Gasteiger partial charge in [-0.3, -0.25) is 0 Å². The molecule has 4 N–H and O–H groups in total. The first-order chi connectivity index (χ1) is 6.19. The predicted molar refractivity (Wildman–Crippen MR) is 44.9 cm³/mol. The van der Waals surface area contributed by atoms with Crippen LogP contribution in [0.2, 0.25) is 0 Å². The maximum absolute atomic E-state index is 13.0. The summed E-state index contributed by atoms with van der Waals surface area (Å²) in [5.41, 5.74) is 11.1. The summed E-state index contributed by atoms with van der Waals surface area (Å²) >= 11 is 0. The maximum atomic E-state index is 13.0. The fraction of sp³-hybridized carbons (Fsp3) is 0.250. The van der Waals surface area contributed by atoms with Crippen molar-refractivity contribution in [3.05, 3.63) is 29.3 Å². The van der Waals surface area contributed by atoms with Crippen LogP contribution in [0.1, 0.15) is 17.3 Å². The first-order valence-electron chi connectivity index (χ1n) is 3.70. The molecule has 4 nitrogen and oxygen atoms in total. The van der Waals surface area contributed by atoms with Gasteiger partial charge in [0.1, 0.15) is 6.07 Å². The van der Waals surface area contributed by atoms with Crippen molar-refractivity contribution in [3.8, 4) is 6.07 Å². The highest BCUT2D eigenvalue weighted by atomic mass is 19.1. The molecule has 68 valence electrons. The van der Waals surface area contributed by atoms with Crippen molar-refractivity contribution in [2.75, 3.05) is 6.54 Å². The van der Waals surface area contributed by atoms with Gasteiger partial charge in [0.15, 0.2) is 11.5 Å².